The van der Waals surface area contributed by atoms with E-state index >= 15 is 0 Å². The van der Waals surface area contributed by atoms with Crippen LogP contribution in [0.5, 0.6) is 5.75 Å². The fourth-order valence-corrected chi connectivity index (χ4v) is 1.40. The third-order valence-corrected chi connectivity index (χ3v) is 2.23. The molecule has 0 aliphatic carbocycles. The van der Waals surface area contributed by atoms with Crippen molar-refractivity contribution in [2.45, 2.75) is 39.4 Å². The zero-order valence-electron chi connectivity index (χ0n) is 11.1. The van der Waals surface area contributed by atoms with Crippen LogP contribution in [0, 0.1) is 0 Å². The summed E-state index contributed by atoms with van der Waals surface area (Å²) >= 11 is 0. The molecule has 3 heteroatoms. The van der Waals surface area contributed by atoms with E-state index in [9.17, 15) is 5.11 Å². The van der Waals surface area contributed by atoms with Gasteiger partial charge in [0.05, 0.1) is 18.8 Å². The zero-order valence-corrected chi connectivity index (χ0v) is 11.1. The lowest BCUT2D eigenvalue weighted by atomic mass is 10.1. The zero-order chi connectivity index (χ0) is 12.9. The van der Waals surface area contributed by atoms with Crippen molar-refractivity contribution >= 4 is 0 Å². The molecular weight excluding hydrogens is 216 g/mol. The summed E-state index contributed by atoms with van der Waals surface area (Å²) in [6.45, 7) is 8.76. The summed E-state index contributed by atoms with van der Waals surface area (Å²) in [7, 11) is 0. The smallest absolute Gasteiger partial charge is 0.119 e. The Balaban J connectivity index is 2.62. The lowest BCUT2D eigenvalue weighted by Crippen LogP contribution is -2.22. The lowest BCUT2D eigenvalue weighted by molar-refractivity contribution is -0.0496. The molecule has 96 valence electrons. The summed E-state index contributed by atoms with van der Waals surface area (Å²) in [5, 5.41) is 10.00. The summed E-state index contributed by atoms with van der Waals surface area (Å²) in [6.07, 6.45) is -0.616. The molecular formula is C14H22O3. The topological polar surface area (TPSA) is 38.7 Å². The van der Waals surface area contributed by atoms with Crippen LogP contribution in [0.4, 0.5) is 0 Å². The highest BCUT2D eigenvalue weighted by molar-refractivity contribution is 5.29. The molecule has 0 aliphatic rings. The molecule has 0 radical (unpaired) electrons. The minimum absolute atomic E-state index is 0.238. The van der Waals surface area contributed by atoms with Crippen molar-refractivity contribution in [1.29, 1.82) is 0 Å². The van der Waals surface area contributed by atoms with Crippen LogP contribution in [0.15, 0.2) is 24.3 Å². The third kappa shape index (κ3) is 5.20. The van der Waals surface area contributed by atoms with E-state index in [1.165, 1.54) is 0 Å². The van der Waals surface area contributed by atoms with Gasteiger partial charge in [0.1, 0.15) is 11.9 Å². The molecule has 0 aliphatic heterocycles. The molecule has 0 spiro atoms. The van der Waals surface area contributed by atoms with Gasteiger partial charge in [-0.25, -0.2) is 0 Å². The maximum absolute atomic E-state index is 10.00. The number of hydrogen-bond donors (Lipinski definition) is 1. The molecule has 0 amide bonds. The molecule has 1 atom stereocenters. The summed E-state index contributed by atoms with van der Waals surface area (Å²) in [4.78, 5) is 0. The first-order valence-electron chi connectivity index (χ1n) is 5.97. The molecule has 0 fully saturated rings. The Kier molecular flexibility index (Phi) is 4.97. The molecule has 17 heavy (non-hydrogen) atoms. The largest absolute Gasteiger partial charge is 0.494 e. The van der Waals surface area contributed by atoms with Crippen LogP contribution < -0.4 is 4.74 Å². The first-order chi connectivity index (χ1) is 7.92. The highest BCUT2D eigenvalue weighted by Crippen LogP contribution is 2.21. The number of aliphatic hydroxyl groups excluding tert-OH is 1. The molecule has 0 heterocycles. The van der Waals surface area contributed by atoms with E-state index in [-0.39, 0.29) is 5.60 Å². The first-order valence-corrected chi connectivity index (χ1v) is 5.97. The van der Waals surface area contributed by atoms with E-state index in [1.54, 1.807) is 0 Å². The number of ether oxygens (including phenoxy) is 2. The molecule has 0 bridgehead atoms. The number of benzene rings is 1. The van der Waals surface area contributed by atoms with Gasteiger partial charge in [-0.1, -0.05) is 12.1 Å². The summed E-state index contributed by atoms with van der Waals surface area (Å²) in [5.74, 6) is 0.778. The first kappa shape index (κ1) is 14.0. The van der Waals surface area contributed by atoms with Gasteiger partial charge in [-0.15, -0.1) is 0 Å². The van der Waals surface area contributed by atoms with Crippen LogP contribution in [0.25, 0.3) is 0 Å². The Labute approximate surface area is 103 Å². The average molecular weight is 238 g/mol. The van der Waals surface area contributed by atoms with Gasteiger partial charge in [-0.2, -0.15) is 0 Å². The van der Waals surface area contributed by atoms with Crippen LogP contribution in [0.3, 0.4) is 0 Å². The molecule has 0 aromatic heterocycles. The minimum Gasteiger partial charge on any atom is -0.494 e. The fraction of sp³-hybridized carbons (Fsp3) is 0.571. The summed E-state index contributed by atoms with van der Waals surface area (Å²) in [6, 6.07) is 7.48. The van der Waals surface area contributed by atoms with Crippen molar-refractivity contribution < 1.29 is 14.6 Å². The minimum atomic E-state index is -0.616. The van der Waals surface area contributed by atoms with E-state index in [0.29, 0.717) is 13.2 Å². The molecule has 1 unspecified atom stereocenters. The maximum atomic E-state index is 10.00. The normalized spacial score (nSPS) is 13.5. The van der Waals surface area contributed by atoms with E-state index < -0.39 is 6.10 Å². The summed E-state index contributed by atoms with van der Waals surface area (Å²) in [5.41, 5.74) is 0.582. The van der Waals surface area contributed by atoms with E-state index in [2.05, 4.69) is 0 Å². The van der Waals surface area contributed by atoms with E-state index in [1.807, 2.05) is 52.0 Å². The van der Waals surface area contributed by atoms with Gasteiger partial charge in [0.25, 0.3) is 0 Å². The molecule has 0 saturated carbocycles. The highest BCUT2D eigenvalue weighted by atomic mass is 16.5. The predicted octanol–water partition coefficient (Wildman–Crippen LogP) is 2.93. The second-order valence-electron chi connectivity index (χ2n) is 4.94. The van der Waals surface area contributed by atoms with Crippen LogP contribution in [-0.4, -0.2) is 23.9 Å². The van der Waals surface area contributed by atoms with Crippen LogP contribution in [-0.2, 0) is 4.74 Å². The maximum Gasteiger partial charge on any atom is 0.119 e. The monoisotopic (exact) mass is 238 g/mol. The quantitative estimate of drug-likeness (QED) is 0.857. The van der Waals surface area contributed by atoms with Gasteiger partial charge in [-0.05, 0) is 45.4 Å². The Morgan fingerprint density at radius 2 is 2.00 bits per heavy atom. The highest BCUT2D eigenvalue weighted by Gasteiger charge is 2.15. The van der Waals surface area contributed by atoms with Crippen LogP contribution >= 0.6 is 0 Å². The molecule has 1 aromatic rings. The SMILES string of the molecule is CCOc1cccc(C(O)COC(C)(C)C)c1. The molecule has 1 aromatic carbocycles. The fourth-order valence-electron chi connectivity index (χ4n) is 1.40. The Morgan fingerprint density at radius 1 is 1.29 bits per heavy atom. The van der Waals surface area contributed by atoms with Crippen LogP contribution in [0.1, 0.15) is 39.4 Å². The molecule has 1 rings (SSSR count). The average Bonchev–Trinajstić information content (AvgIpc) is 2.26. The second-order valence-corrected chi connectivity index (χ2v) is 4.94. The van der Waals surface area contributed by atoms with Gasteiger partial charge >= 0.3 is 0 Å². The van der Waals surface area contributed by atoms with Gasteiger partial charge in [0, 0.05) is 0 Å². The lowest BCUT2D eigenvalue weighted by Gasteiger charge is -2.22. The Bertz CT molecular complexity index is 342. The Hall–Kier alpha value is -1.06. The van der Waals surface area contributed by atoms with Gasteiger partial charge in [0.15, 0.2) is 0 Å². The van der Waals surface area contributed by atoms with Gasteiger partial charge in [-0.3, -0.25) is 0 Å². The van der Waals surface area contributed by atoms with E-state index in [0.717, 1.165) is 11.3 Å². The predicted molar refractivity (Wildman–Crippen MR) is 68.3 cm³/mol. The summed E-state index contributed by atoms with van der Waals surface area (Å²) < 4.78 is 10.9. The second kappa shape index (κ2) is 6.03. The number of aliphatic hydroxyl groups is 1. The van der Waals surface area contributed by atoms with E-state index in [4.69, 9.17) is 9.47 Å². The van der Waals surface area contributed by atoms with Crippen molar-refractivity contribution in [2.75, 3.05) is 13.2 Å². The van der Waals surface area contributed by atoms with Crippen molar-refractivity contribution in [1.82, 2.24) is 0 Å². The van der Waals surface area contributed by atoms with Gasteiger partial charge < -0.3 is 14.6 Å². The van der Waals surface area contributed by atoms with Crippen molar-refractivity contribution in [3.05, 3.63) is 29.8 Å². The third-order valence-electron chi connectivity index (χ3n) is 2.23. The Morgan fingerprint density at radius 3 is 2.59 bits per heavy atom. The number of rotatable bonds is 5. The molecule has 3 nitrogen and oxygen atoms in total. The molecule has 0 saturated heterocycles. The van der Waals surface area contributed by atoms with Gasteiger partial charge in [0.2, 0.25) is 0 Å². The van der Waals surface area contributed by atoms with Crippen molar-refractivity contribution in [2.24, 2.45) is 0 Å². The molecule has 1 N–H and O–H groups in total. The van der Waals surface area contributed by atoms with Crippen LogP contribution in [0.2, 0.25) is 0 Å². The number of hydrogen-bond acceptors (Lipinski definition) is 3. The van der Waals surface area contributed by atoms with Crippen molar-refractivity contribution in [3.8, 4) is 5.75 Å². The van der Waals surface area contributed by atoms with Crippen molar-refractivity contribution in [3.63, 3.8) is 0 Å². The standard InChI is InChI=1S/C14H22O3/c1-5-16-12-8-6-7-11(9-12)13(15)10-17-14(2,3)4/h6-9,13,15H,5,10H2,1-4H3.